The first-order chi connectivity index (χ1) is 21.0. The van der Waals surface area contributed by atoms with Crippen LogP contribution in [0.1, 0.15) is 51.3 Å². The Morgan fingerprint density at radius 3 is 2.59 bits per heavy atom. The summed E-state index contributed by atoms with van der Waals surface area (Å²) in [5.74, 6) is 3.44. The predicted octanol–water partition coefficient (Wildman–Crippen LogP) is 4.30. The molecule has 0 radical (unpaired) electrons. The third-order valence-corrected chi connectivity index (χ3v) is 8.89. The number of sulfonamides is 1. The minimum absolute atomic E-state index is 0.126. The van der Waals surface area contributed by atoms with Crippen LogP contribution in [0.25, 0.3) is 16.4 Å². The van der Waals surface area contributed by atoms with Crippen molar-refractivity contribution in [2.45, 2.75) is 30.6 Å². The molecule has 0 saturated heterocycles. The molecule has 0 atom stereocenters. The number of aromatic carboxylic acids is 1. The molecular weight excluding hydrogens is 610 g/mol. The van der Waals surface area contributed by atoms with Crippen LogP contribution in [0.2, 0.25) is 0 Å². The number of rotatable bonds is 8. The summed E-state index contributed by atoms with van der Waals surface area (Å²) in [6.07, 6.45) is 6.01. The summed E-state index contributed by atoms with van der Waals surface area (Å²) < 4.78 is 56.5. The van der Waals surface area contributed by atoms with Gasteiger partial charge in [0.1, 0.15) is 16.5 Å². The second kappa shape index (κ2) is 11.4. The molecule has 3 heterocycles. The van der Waals surface area contributed by atoms with Gasteiger partial charge in [-0.15, -0.1) is 11.3 Å². The third-order valence-electron chi connectivity index (χ3n) is 7.13. The number of halogens is 2. The number of aromatic nitrogens is 5. The van der Waals surface area contributed by atoms with E-state index in [9.17, 15) is 27.1 Å². The van der Waals surface area contributed by atoms with Crippen LogP contribution in [0.4, 0.5) is 8.78 Å². The van der Waals surface area contributed by atoms with Crippen molar-refractivity contribution in [3.8, 4) is 28.2 Å². The van der Waals surface area contributed by atoms with Crippen LogP contribution < -0.4 is 5.14 Å². The molecule has 0 unspecified atom stereocenters. The van der Waals surface area contributed by atoms with Crippen LogP contribution in [0, 0.1) is 29.4 Å². The molecule has 5 aromatic rings. The molecule has 1 fully saturated rings. The number of carbonyl (C=O) groups is 1. The zero-order valence-corrected chi connectivity index (χ0v) is 24.8. The summed E-state index contributed by atoms with van der Waals surface area (Å²) in [6, 6.07) is 8.14. The zero-order valence-electron chi connectivity index (χ0n) is 23.2. The molecule has 1 aliphatic carbocycles. The molecular formula is C30H24F2N6O4S2. The molecule has 1 aliphatic rings. The average molecular weight is 635 g/mol. The Balaban J connectivity index is 1.51. The highest BCUT2D eigenvalue weighted by Crippen LogP contribution is 2.38. The van der Waals surface area contributed by atoms with E-state index in [0.29, 0.717) is 45.4 Å². The van der Waals surface area contributed by atoms with E-state index in [2.05, 4.69) is 21.9 Å². The van der Waals surface area contributed by atoms with Crippen molar-refractivity contribution in [2.24, 2.45) is 18.1 Å². The molecule has 1 saturated carbocycles. The summed E-state index contributed by atoms with van der Waals surface area (Å²) in [5.41, 5.74) is 3.48. The van der Waals surface area contributed by atoms with Gasteiger partial charge in [0.05, 0.1) is 28.7 Å². The SMILES string of the molecule is Cn1cc(C#Cc2cc(-c3nn(-c4nc(C(=O)O)cs4)c(CC4CC4)c3Cc3ccc(S(N)(=O)=O)c(F)c3)ccc2F)cn1. The highest BCUT2D eigenvalue weighted by molar-refractivity contribution is 7.89. The summed E-state index contributed by atoms with van der Waals surface area (Å²) in [5, 5.41) is 25.3. The van der Waals surface area contributed by atoms with Crippen LogP contribution in [-0.4, -0.2) is 44.0 Å². The lowest BCUT2D eigenvalue weighted by Crippen LogP contribution is -2.14. The average Bonchev–Trinajstić information content (AvgIpc) is 3.31. The van der Waals surface area contributed by atoms with Gasteiger partial charge < -0.3 is 5.11 Å². The van der Waals surface area contributed by atoms with Crippen LogP contribution in [-0.2, 0) is 29.9 Å². The molecule has 6 rings (SSSR count). The molecule has 10 nitrogen and oxygen atoms in total. The summed E-state index contributed by atoms with van der Waals surface area (Å²) in [7, 11) is -2.51. The Morgan fingerprint density at radius 2 is 1.95 bits per heavy atom. The minimum Gasteiger partial charge on any atom is -0.476 e. The van der Waals surface area contributed by atoms with Gasteiger partial charge in [0.15, 0.2) is 5.69 Å². The summed E-state index contributed by atoms with van der Waals surface area (Å²) in [4.78, 5) is 15.2. The van der Waals surface area contributed by atoms with Gasteiger partial charge in [-0.3, -0.25) is 4.68 Å². The topological polar surface area (TPSA) is 146 Å². The fraction of sp³-hybridized carbons (Fsp3) is 0.200. The first-order valence-electron chi connectivity index (χ1n) is 13.4. The number of thiazole rings is 1. The van der Waals surface area contributed by atoms with Gasteiger partial charge >= 0.3 is 5.97 Å². The lowest BCUT2D eigenvalue weighted by Gasteiger charge is -2.10. The first kappa shape index (κ1) is 29.4. The zero-order chi connectivity index (χ0) is 31.2. The van der Waals surface area contributed by atoms with Crippen molar-refractivity contribution in [2.75, 3.05) is 0 Å². The monoisotopic (exact) mass is 634 g/mol. The van der Waals surface area contributed by atoms with E-state index in [-0.39, 0.29) is 17.7 Å². The molecule has 0 spiro atoms. The second-order valence-electron chi connectivity index (χ2n) is 10.5. The minimum atomic E-state index is -4.26. The molecule has 44 heavy (non-hydrogen) atoms. The van der Waals surface area contributed by atoms with Crippen molar-refractivity contribution in [3.05, 3.63) is 99.4 Å². The maximum atomic E-state index is 14.9. The van der Waals surface area contributed by atoms with E-state index < -0.39 is 32.5 Å². The molecule has 224 valence electrons. The number of hydrogen-bond donors (Lipinski definition) is 2. The van der Waals surface area contributed by atoms with E-state index in [0.717, 1.165) is 42.0 Å². The molecule has 2 aromatic carbocycles. The lowest BCUT2D eigenvalue weighted by molar-refractivity contribution is 0.0691. The fourth-order valence-electron chi connectivity index (χ4n) is 4.81. The number of carboxylic acids is 1. The van der Waals surface area contributed by atoms with E-state index in [1.807, 2.05) is 0 Å². The Bertz CT molecular complexity index is 2100. The third kappa shape index (κ3) is 6.16. The largest absolute Gasteiger partial charge is 0.476 e. The normalized spacial score (nSPS) is 13.1. The molecule has 14 heteroatoms. The lowest BCUT2D eigenvalue weighted by atomic mass is 9.96. The number of aryl methyl sites for hydroxylation is 1. The Hall–Kier alpha value is -4.71. The Morgan fingerprint density at radius 1 is 1.16 bits per heavy atom. The van der Waals surface area contributed by atoms with Gasteiger partial charge in [-0.2, -0.15) is 10.2 Å². The molecule has 3 N–H and O–H groups in total. The molecule has 0 aliphatic heterocycles. The summed E-state index contributed by atoms with van der Waals surface area (Å²) >= 11 is 1.11. The smallest absolute Gasteiger partial charge is 0.355 e. The first-order valence-corrected chi connectivity index (χ1v) is 15.8. The second-order valence-corrected chi connectivity index (χ2v) is 12.9. The van der Waals surface area contributed by atoms with Crippen molar-refractivity contribution in [3.63, 3.8) is 0 Å². The maximum absolute atomic E-state index is 14.9. The van der Waals surface area contributed by atoms with Crippen molar-refractivity contribution >= 4 is 27.3 Å². The number of benzene rings is 2. The number of primary sulfonamides is 1. The van der Waals surface area contributed by atoms with E-state index >= 15 is 0 Å². The van der Waals surface area contributed by atoms with Crippen LogP contribution >= 0.6 is 11.3 Å². The predicted molar refractivity (Wildman–Crippen MR) is 158 cm³/mol. The standard InChI is InChI=1S/C30H24F2N6O4S2/c1-37-15-19(14-34-37)4-6-20-13-21(7-8-23(20)31)28-22(10-18-5-9-27(24(32)11-18)44(33,41)42)26(12-17-2-3-17)38(36-28)30-35-25(16-43-30)29(39)40/h5,7-9,11,13-17H,2-3,10,12H2,1H3,(H,39,40)(H2,33,41,42). The van der Waals surface area contributed by atoms with E-state index in [4.69, 9.17) is 10.2 Å². The Labute approximate surface area is 254 Å². The van der Waals surface area contributed by atoms with Gasteiger partial charge in [-0.1, -0.05) is 17.9 Å². The molecule has 3 aromatic heterocycles. The maximum Gasteiger partial charge on any atom is 0.355 e. The van der Waals surface area contributed by atoms with E-state index in [1.165, 1.54) is 17.5 Å². The Kier molecular flexibility index (Phi) is 7.62. The van der Waals surface area contributed by atoms with Crippen LogP contribution in [0.5, 0.6) is 0 Å². The van der Waals surface area contributed by atoms with Gasteiger partial charge in [0.2, 0.25) is 15.2 Å². The number of nitrogens with two attached hydrogens (primary N) is 1. The van der Waals surface area contributed by atoms with Gasteiger partial charge in [0, 0.05) is 36.2 Å². The van der Waals surface area contributed by atoms with Gasteiger partial charge in [-0.05, 0) is 61.1 Å². The van der Waals surface area contributed by atoms with Crippen molar-refractivity contribution in [1.82, 2.24) is 24.5 Å². The molecule has 0 amide bonds. The number of hydrogen-bond acceptors (Lipinski definition) is 7. The van der Waals surface area contributed by atoms with Gasteiger partial charge in [-0.25, -0.2) is 36.8 Å². The van der Waals surface area contributed by atoms with Crippen LogP contribution in [0.15, 0.2) is 59.1 Å². The van der Waals surface area contributed by atoms with Crippen molar-refractivity contribution < 1.29 is 27.1 Å². The van der Waals surface area contributed by atoms with Crippen LogP contribution in [0.3, 0.4) is 0 Å². The number of nitrogens with zero attached hydrogens (tertiary/aromatic N) is 5. The van der Waals surface area contributed by atoms with Gasteiger partial charge in [0.25, 0.3) is 0 Å². The summed E-state index contributed by atoms with van der Waals surface area (Å²) in [6.45, 7) is 0. The van der Waals surface area contributed by atoms with Crippen molar-refractivity contribution in [1.29, 1.82) is 0 Å². The number of carboxylic acid groups (broad SMARTS) is 1. The fourth-order valence-corrected chi connectivity index (χ4v) is 6.17. The quantitative estimate of drug-likeness (QED) is 0.242. The van der Waals surface area contributed by atoms with E-state index in [1.54, 1.807) is 40.9 Å². The highest BCUT2D eigenvalue weighted by Gasteiger charge is 2.30. The molecule has 0 bridgehead atoms. The highest BCUT2D eigenvalue weighted by atomic mass is 32.2.